The molecule has 1 aromatic heterocycles. The van der Waals surface area contributed by atoms with Crippen molar-refractivity contribution in [2.75, 3.05) is 11.9 Å². The van der Waals surface area contributed by atoms with E-state index in [1.165, 1.54) is 6.08 Å². The Morgan fingerprint density at radius 2 is 2.00 bits per heavy atom. The predicted octanol–water partition coefficient (Wildman–Crippen LogP) is 2.62. The van der Waals surface area contributed by atoms with Gasteiger partial charge in [0.25, 0.3) is 0 Å². The maximum Gasteiger partial charge on any atom is 0.224 e. The fraction of sp³-hybridized carbons (Fsp3) is 0.143. The van der Waals surface area contributed by atoms with Gasteiger partial charge in [-0.25, -0.2) is 22.5 Å². The lowest BCUT2D eigenvalue weighted by Crippen LogP contribution is -2.25. The number of hydrogen-bond acceptors (Lipinski definition) is 5. The minimum atomic E-state index is -3.42. The molecule has 0 spiro atoms. The molecular formula is C14H14ClFN4O2S. The zero-order valence-electron chi connectivity index (χ0n) is 12.0. The van der Waals surface area contributed by atoms with E-state index in [-0.39, 0.29) is 23.4 Å². The predicted molar refractivity (Wildman–Crippen MR) is 87.5 cm³/mol. The van der Waals surface area contributed by atoms with E-state index in [2.05, 4.69) is 26.6 Å². The minimum absolute atomic E-state index is 0.0574. The van der Waals surface area contributed by atoms with Crippen molar-refractivity contribution in [2.45, 2.75) is 5.75 Å². The molecule has 2 rings (SSSR count). The summed E-state index contributed by atoms with van der Waals surface area (Å²) >= 11 is 5.61. The van der Waals surface area contributed by atoms with E-state index in [4.69, 9.17) is 11.6 Å². The molecule has 9 heteroatoms. The number of nitrogens with one attached hydrogen (secondary N) is 2. The molecule has 0 amide bonds. The van der Waals surface area contributed by atoms with Gasteiger partial charge in [-0.1, -0.05) is 18.2 Å². The van der Waals surface area contributed by atoms with Crippen LogP contribution in [-0.2, 0) is 15.8 Å². The summed E-state index contributed by atoms with van der Waals surface area (Å²) in [6.45, 7) is 3.63. The van der Waals surface area contributed by atoms with Gasteiger partial charge in [-0.05, 0) is 29.3 Å². The van der Waals surface area contributed by atoms with Crippen LogP contribution in [0, 0.1) is 5.82 Å². The van der Waals surface area contributed by atoms with Crippen LogP contribution in [0.5, 0.6) is 0 Å². The smallest absolute Gasteiger partial charge is 0.224 e. The summed E-state index contributed by atoms with van der Waals surface area (Å²) in [5.41, 5.74) is 1.13. The second kappa shape index (κ2) is 7.49. The molecule has 0 radical (unpaired) electrons. The van der Waals surface area contributed by atoms with Gasteiger partial charge >= 0.3 is 0 Å². The van der Waals surface area contributed by atoms with E-state index in [1.54, 1.807) is 24.3 Å². The van der Waals surface area contributed by atoms with Crippen molar-refractivity contribution in [2.24, 2.45) is 0 Å². The highest BCUT2D eigenvalue weighted by Gasteiger charge is 2.11. The highest BCUT2D eigenvalue weighted by molar-refractivity contribution is 7.88. The number of nitrogens with zero attached hydrogens (tertiary/aromatic N) is 2. The van der Waals surface area contributed by atoms with E-state index < -0.39 is 15.8 Å². The van der Waals surface area contributed by atoms with Gasteiger partial charge in [-0.3, -0.25) is 0 Å². The monoisotopic (exact) mass is 356 g/mol. The Morgan fingerprint density at radius 3 is 2.65 bits per heavy atom. The fourth-order valence-corrected chi connectivity index (χ4v) is 2.95. The third-order valence-corrected chi connectivity index (χ3v) is 4.24. The fourth-order valence-electron chi connectivity index (χ4n) is 1.71. The van der Waals surface area contributed by atoms with Crippen molar-refractivity contribution in [1.29, 1.82) is 0 Å². The Bertz CT molecular complexity index is 797. The molecule has 0 atom stereocenters. The molecule has 0 aliphatic heterocycles. The minimum Gasteiger partial charge on any atom is -0.338 e. The average Bonchev–Trinajstić information content (AvgIpc) is 2.51. The average molecular weight is 357 g/mol. The molecule has 2 aromatic rings. The van der Waals surface area contributed by atoms with Crippen LogP contribution in [0.1, 0.15) is 5.56 Å². The largest absolute Gasteiger partial charge is 0.338 e. The Balaban J connectivity index is 2.07. The number of halogens is 2. The molecule has 0 unspecified atom stereocenters. The van der Waals surface area contributed by atoms with Crippen LogP contribution < -0.4 is 10.0 Å². The van der Waals surface area contributed by atoms with Crippen molar-refractivity contribution in [3.8, 4) is 0 Å². The van der Waals surface area contributed by atoms with Gasteiger partial charge in [0, 0.05) is 12.2 Å². The van der Waals surface area contributed by atoms with Crippen LogP contribution in [0.3, 0.4) is 0 Å². The molecule has 0 saturated carbocycles. The normalized spacial score (nSPS) is 11.2. The van der Waals surface area contributed by atoms with Gasteiger partial charge in [0.1, 0.15) is 0 Å². The quantitative estimate of drug-likeness (QED) is 0.588. The van der Waals surface area contributed by atoms with Crippen LogP contribution in [0.15, 0.2) is 43.1 Å². The van der Waals surface area contributed by atoms with E-state index in [0.29, 0.717) is 11.3 Å². The molecule has 23 heavy (non-hydrogen) atoms. The number of hydrogen-bond donors (Lipinski definition) is 2. The topological polar surface area (TPSA) is 84.0 Å². The number of sulfonamides is 1. The Morgan fingerprint density at radius 1 is 1.30 bits per heavy atom. The first-order valence-corrected chi connectivity index (χ1v) is 8.55. The maximum absolute atomic E-state index is 13.5. The highest BCUT2D eigenvalue weighted by Crippen LogP contribution is 2.19. The lowest BCUT2D eigenvalue weighted by Gasteiger charge is -2.08. The molecule has 1 aromatic carbocycles. The van der Waals surface area contributed by atoms with Crippen LogP contribution >= 0.6 is 11.6 Å². The molecule has 0 fully saturated rings. The van der Waals surface area contributed by atoms with E-state index in [9.17, 15) is 12.8 Å². The van der Waals surface area contributed by atoms with E-state index >= 15 is 0 Å². The lowest BCUT2D eigenvalue weighted by molar-refractivity contribution is 0.585. The summed E-state index contributed by atoms with van der Waals surface area (Å²) in [6, 6.07) is 6.48. The van der Waals surface area contributed by atoms with Crippen LogP contribution in [-0.4, -0.2) is 24.9 Å². The number of anilines is 2. The molecule has 6 nitrogen and oxygen atoms in total. The summed E-state index contributed by atoms with van der Waals surface area (Å²) in [4.78, 5) is 7.26. The van der Waals surface area contributed by atoms with Crippen molar-refractivity contribution in [3.63, 3.8) is 0 Å². The SMILES string of the molecule is C=CCNS(=O)(=O)Cc1ccc(Nc2nc(Cl)ncc2F)cc1. The van der Waals surface area contributed by atoms with Gasteiger partial charge in [0.15, 0.2) is 11.6 Å². The number of aromatic nitrogens is 2. The van der Waals surface area contributed by atoms with Gasteiger partial charge in [-0.15, -0.1) is 6.58 Å². The second-order valence-corrected chi connectivity index (χ2v) is 6.70. The zero-order chi connectivity index (χ0) is 16.9. The highest BCUT2D eigenvalue weighted by atomic mass is 35.5. The standard InChI is InChI=1S/C14H14ClFN4O2S/c1-2-7-18-23(21,22)9-10-3-5-11(6-4-10)19-13-12(16)8-17-14(15)20-13/h2-6,8,18H,1,7,9H2,(H,17,19,20). The Kier molecular flexibility index (Phi) is 5.64. The summed E-state index contributed by atoms with van der Waals surface area (Å²) < 4.78 is 39.4. The second-order valence-electron chi connectivity index (χ2n) is 4.55. The Hall–Kier alpha value is -2.03. The van der Waals surface area contributed by atoms with Gasteiger partial charge < -0.3 is 5.32 Å². The summed E-state index contributed by atoms with van der Waals surface area (Å²) in [6.07, 6.45) is 2.43. The molecule has 2 N–H and O–H groups in total. The number of benzene rings is 1. The molecular weight excluding hydrogens is 343 g/mol. The van der Waals surface area contributed by atoms with E-state index in [0.717, 1.165) is 6.20 Å². The van der Waals surface area contributed by atoms with Crippen molar-refractivity contribution >= 4 is 33.1 Å². The molecule has 1 heterocycles. The summed E-state index contributed by atoms with van der Waals surface area (Å²) in [5, 5.41) is 2.67. The Labute approximate surface area is 138 Å². The molecule has 0 bridgehead atoms. The van der Waals surface area contributed by atoms with Gasteiger partial charge in [-0.2, -0.15) is 4.98 Å². The molecule has 122 valence electrons. The van der Waals surface area contributed by atoms with Crippen LogP contribution in [0.4, 0.5) is 15.9 Å². The third-order valence-electron chi connectivity index (χ3n) is 2.74. The van der Waals surface area contributed by atoms with Crippen LogP contribution in [0.25, 0.3) is 0 Å². The first-order chi connectivity index (χ1) is 10.9. The van der Waals surface area contributed by atoms with E-state index in [1.807, 2.05) is 0 Å². The van der Waals surface area contributed by atoms with Crippen molar-refractivity contribution < 1.29 is 12.8 Å². The summed E-state index contributed by atoms with van der Waals surface area (Å²) in [7, 11) is -3.42. The number of rotatable bonds is 7. The molecule has 0 saturated heterocycles. The van der Waals surface area contributed by atoms with Gasteiger partial charge in [0.2, 0.25) is 15.3 Å². The lowest BCUT2D eigenvalue weighted by atomic mass is 10.2. The van der Waals surface area contributed by atoms with Crippen molar-refractivity contribution in [1.82, 2.24) is 14.7 Å². The van der Waals surface area contributed by atoms with Crippen LogP contribution in [0.2, 0.25) is 5.28 Å². The third kappa shape index (κ3) is 5.27. The first kappa shape index (κ1) is 17.3. The summed E-state index contributed by atoms with van der Waals surface area (Å²) in [5.74, 6) is -0.859. The van der Waals surface area contributed by atoms with Crippen molar-refractivity contribution in [3.05, 3.63) is 59.8 Å². The maximum atomic E-state index is 13.5. The zero-order valence-corrected chi connectivity index (χ0v) is 13.5. The molecule has 0 aliphatic carbocycles. The molecule has 0 aliphatic rings. The first-order valence-electron chi connectivity index (χ1n) is 6.52. The van der Waals surface area contributed by atoms with Gasteiger partial charge in [0.05, 0.1) is 11.9 Å².